The molecule has 2 aromatic carbocycles. The molecular weight excluding hydrogens is 463 g/mol. The van der Waals surface area contributed by atoms with E-state index in [1.165, 1.54) is 6.07 Å². The van der Waals surface area contributed by atoms with Gasteiger partial charge in [-0.3, -0.25) is 4.79 Å². The van der Waals surface area contributed by atoms with Crippen molar-refractivity contribution in [2.75, 3.05) is 31.6 Å². The van der Waals surface area contributed by atoms with Crippen molar-refractivity contribution in [1.82, 2.24) is 0 Å². The highest BCUT2D eigenvalue weighted by Gasteiger charge is 2.45. The Balaban J connectivity index is 1.83. The van der Waals surface area contributed by atoms with Crippen molar-refractivity contribution in [2.24, 2.45) is 0 Å². The van der Waals surface area contributed by atoms with Crippen molar-refractivity contribution in [2.45, 2.75) is 59.1 Å². The number of likely N-dealkylation sites (tertiary alicyclic amines) is 1. The number of nitrogens with one attached hydrogen (secondary N) is 1. The minimum Gasteiger partial charge on any atom is -0.462 e. The van der Waals surface area contributed by atoms with E-state index in [0.29, 0.717) is 29.6 Å². The summed E-state index contributed by atoms with van der Waals surface area (Å²) in [5.74, 6) is -1.92. The van der Waals surface area contributed by atoms with E-state index in [0.717, 1.165) is 30.9 Å². The predicted octanol–water partition coefficient (Wildman–Crippen LogP) is 4.77. The van der Waals surface area contributed by atoms with Crippen LogP contribution >= 0.6 is 0 Å². The fourth-order valence-corrected chi connectivity index (χ4v) is 5.00. The maximum Gasteiger partial charge on any atom is 0.362 e. The van der Waals surface area contributed by atoms with Gasteiger partial charge in [0.1, 0.15) is 12.4 Å². The zero-order valence-electron chi connectivity index (χ0n) is 21.3. The molecule has 1 fully saturated rings. The molecule has 194 valence electrons. The van der Waals surface area contributed by atoms with Crippen LogP contribution in [0.15, 0.2) is 42.5 Å². The van der Waals surface area contributed by atoms with Gasteiger partial charge >= 0.3 is 11.9 Å². The maximum absolute atomic E-state index is 14.1. The van der Waals surface area contributed by atoms with Crippen LogP contribution < -0.4 is 5.32 Å². The summed E-state index contributed by atoms with van der Waals surface area (Å²) in [6, 6.07) is 11.3. The lowest BCUT2D eigenvalue weighted by Gasteiger charge is -2.40. The molecule has 8 heteroatoms. The molecule has 0 spiro atoms. The first-order chi connectivity index (χ1) is 17.3. The number of aryl methyl sites for hydroxylation is 1. The molecule has 1 aliphatic rings. The molecule has 2 aromatic rings. The van der Waals surface area contributed by atoms with Gasteiger partial charge in [-0.05, 0) is 43.5 Å². The Kier molecular flexibility index (Phi) is 9.58. The van der Waals surface area contributed by atoms with Gasteiger partial charge in [-0.25, -0.2) is 14.0 Å². The zero-order valence-corrected chi connectivity index (χ0v) is 21.3. The summed E-state index contributed by atoms with van der Waals surface area (Å²) in [5.41, 5.74) is 1.55. The average molecular weight is 500 g/mol. The van der Waals surface area contributed by atoms with Crippen LogP contribution in [-0.4, -0.2) is 54.6 Å². The normalized spacial score (nSPS) is 15.2. The molecule has 1 atom stereocenters. The molecule has 1 unspecified atom stereocenters. The van der Waals surface area contributed by atoms with Crippen molar-refractivity contribution in [3.63, 3.8) is 0 Å². The smallest absolute Gasteiger partial charge is 0.362 e. The number of nitrogens with zero attached hydrogens (tertiary/aromatic N) is 1. The van der Waals surface area contributed by atoms with Crippen LogP contribution in [0.2, 0.25) is 0 Å². The lowest BCUT2D eigenvalue weighted by Crippen LogP contribution is -2.60. The Labute approximate surface area is 212 Å². The molecule has 0 aliphatic carbocycles. The molecular formula is C28H36FN2O5+. The number of carbonyl (C=O) groups is 3. The third-order valence-corrected chi connectivity index (χ3v) is 6.71. The lowest BCUT2D eigenvalue weighted by atomic mass is 10.0. The fourth-order valence-electron chi connectivity index (χ4n) is 5.00. The van der Waals surface area contributed by atoms with Gasteiger partial charge in [0.15, 0.2) is 12.6 Å². The van der Waals surface area contributed by atoms with E-state index in [1.807, 2.05) is 37.3 Å². The summed E-state index contributed by atoms with van der Waals surface area (Å²) in [7, 11) is 0. The third kappa shape index (κ3) is 6.69. The van der Waals surface area contributed by atoms with Gasteiger partial charge in [0.25, 0.3) is 5.91 Å². The van der Waals surface area contributed by atoms with Crippen LogP contribution in [0.1, 0.15) is 61.0 Å². The Morgan fingerprint density at radius 2 is 1.75 bits per heavy atom. The highest BCUT2D eigenvalue weighted by atomic mass is 19.1. The number of amides is 1. The second-order valence-electron chi connectivity index (χ2n) is 9.34. The minimum atomic E-state index is -0.697. The molecule has 0 radical (unpaired) electrons. The summed E-state index contributed by atoms with van der Waals surface area (Å²) in [6.45, 7) is 7.08. The highest BCUT2D eigenvalue weighted by molar-refractivity contribution is 6.03. The molecule has 1 N–H and O–H groups in total. The molecule has 3 rings (SSSR count). The van der Waals surface area contributed by atoms with Crippen molar-refractivity contribution < 1.29 is 32.7 Å². The van der Waals surface area contributed by atoms with E-state index in [-0.39, 0.29) is 42.9 Å². The summed E-state index contributed by atoms with van der Waals surface area (Å²) < 4.78 is 25.0. The fraction of sp³-hybridized carbons (Fsp3) is 0.464. The number of benzene rings is 2. The molecule has 1 heterocycles. The first-order valence-electron chi connectivity index (χ1n) is 12.6. The van der Waals surface area contributed by atoms with Gasteiger partial charge in [-0.15, -0.1) is 0 Å². The molecule has 0 bridgehead atoms. The van der Waals surface area contributed by atoms with Gasteiger partial charge in [0.05, 0.1) is 30.9 Å². The van der Waals surface area contributed by atoms with E-state index in [1.54, 1.807) is 13.8 Å². The van der Waals surface area contributed by atoms with Gasteiger partial charge < -0.3 is 19.3 Å². The summed E-state index contributed by atoms with van der Waals surface area (Å²) >= 11 is 0. The summed E-state index contributed by atoms with van der Waals surface area (Å²) in [4.78, 5) is 39.1. The number of carbonyl (C=O) groups excluding carboxylic acids is 3. The van der Waals surface area contributed by atoms with Crippen molar-refractivity contribution >= 4 is 23.5 Å². The van der Waals surface area contributed by atoms with Crippen LogP contribution in [0.25, 0.3) is 0 Å². The molecule has 1 amide bonds. The average Bonchev–Trinajstić information content (AvgIpc) is 3.32. The quantitative estimate of drug-likeness (QED) is 0.356. The Morgan fingerprint density at radius 1 is 1.06 bits per heavy atom. The van der Waals surface area contributed by atoms with Crippen LogP contribution in [-0.2, 0) is 25.7 Å². The maximum atomic E-state index is 14.1. The number of anilines is 1. The number of hydrogen-bond donors (Lipinski definition) is 1. The van der Waals surface area contributed by atoms with E-state index in [2.05, 4.69) is 5.32 Å². The second-order valence-corrected chi connectivity index (χ2v) is 9.34. The van der Waals surface area contributed by atoms with E-state index in [4.69, 9.17) is 9.47 Å². The van der Waals surface area contributed by atoms with Crippen LogP contribution in [0.4, 0.5) is 10.1 Å². The molecule has 0 aromatic heterocycles. The van der Waals surface area contributed by atoms with Gasteiger partial charge in [0.2, 0.25) is 0 Å². The molecule has 1 aliphatic heterocycles. The van der Waals surface area contributed by atoms with Crippen molar-refractivity contribution in [3.05, 3.63) is 65.0 Å². The largest absolute Gasteiger partial charge is 0.462 e. The number of quaternary nitrogens is 1. The Morgan fingerprint density at radius 3 is 2.39 bits per heavy atom. The van der Waals surface area contributed by atoms with E-state index >= 15 is 0 Å². The number of esters is 2. The minimum absolute atomic E-state index is 0.0202. The van der Waals surface area contributed by atoms with Gasteiger partial charge in [-0.1, -0.05) is 37.3 Å². The van der Waals surface area contributed by atoms with Crippen LogP contribution in [0.5, 0.6) is 0 Å². The van der Waals surface area contributed by atoms with Crippen molar-refractivity contribution in [3.8, 4) is 0 Å². The Bertz CT molecular complexity index is 1070. The zero-order chi connectivity index (χ0) is 26.1. The number of rotatable bonds is 11. The second kappa shape index (κ2) is 12.6. The van der Waals surface area contributed by atoms with E-state index < -0.39 is 17.8 Å². The summed E-state index contributed by atoms with van der Waals surface area (Å²) in [6.07, 6.45) is 3.11. The molecule has 0 saturated carbocycles. The molecule has 7 nitrogen and oxygen atoms in total. The van der Waals surface area contributed by atoms with Crippen molar-refractivity contribution in [1.29, 1.82) is 0 Å². The molecule has 1 saturated heterocycles. The summed E-state index contributed by atoms with van der Waals surface area (Å²) in [5, 5.41) is 2.89. The predicted molar refractivity (Wildman–Crippen MR) is 135 cm³/mol. The monoisotopic (exact) mass is 499 g/mol. The van der Waals surface area contributed by atoms with Gasteiger partial charge in [0, 0.05) is 19.3 Å². The first kappa shape index (κ1) is 27.3. The first-order valence-corrected chi connectivity index (χ1v) is 12.6. The lowest BCUT2D eigenvalue weighted by molar-refractivity contribution is -0.925. The van der Waals surface area contributed by atoms with E-state index in [9.17, 15) is 18.8 Å². The molecule has 36 heavy (non-hydrogen) atoms. The van der Waals surface area contributed by atoms with Gasteiger partial charge in [-0.2, -0.15) is 0 Å². The van der Waals surface area contributed by atoms with Crippen LogP contribution in [0.3, 0.4) is 0 Å². The number of halogens is 1. The number of hydrogen-bond acceptors (Lipinski definition) is 5. The number of ether oxygens (including phenoxy) is 2. The SMILES string of the molecule is CCCC(C(=O)Nc1c(C)cc(F)cc1C(=O)OCC)[N+]1(CC(=O)OCc2ccccc2)CCCC1. The standard InChI is InChI=1S/C28H35FN2O5/c1-4-11-24(27(33)30-26-20(3)16-22(29)17-23(26)28(34)35-5-2)31(14-9-10-15-31)18-25(32)36-19-21-12-7-6-8-13-21/h6-8,12-13,16-17,24H,4-5,9-11,14-15,18-19H2,1-3H3/p+1. The van der Waals surface area contributed by atoms with Crippen LogP contribution in [0, 0.1) is 12.7 Å². The highest BCUT2D eigenvalue weighted by Crippen LogP contribution is 2.30. The topological polar surface area (TPSA) is 81.7 Å². The Hall–Kier alpha value is -3.26. The third-order valence-electron chi connectivity index (χ3n) is 6.71.